The maximum Gasteiger partial charge on any atom is 0.179 e. The summed E-state index contributed by atoms with van der Waals surface area (Å²) < 4.78 is 5.55. The van der Waals surface area contributed by atoms with E-state index in [0.29, 0.717) is 6.10 Å². The van der Waals surface area contributed by atoms with E-state index in [4.69, 9.17) is 10.00 Å². The van der Waals surface area contributed by atoms with Crippen molar-refractivity contribution in [1.82, 2.24) is 4.90 Å². The zero-order valence-electron chi connectivity index (χ0n) is 7.08. The lowest BCUT2D eigenvalue weighted by Gasteiger charge is -2.14. The van der Waals surface area contributed by atoms with E-state index < -0.39 is 0 Å². The number of nitrogens with zero attached hydrogens (tertiary/aromatic N) is 2. The van der Waals surface area contributed by atoms with Crippen LogP contribution in [0.15, 0.2) is 0 Å². The second kappa shape index (κ2) is 3.59. The van der Waals surface area contributed by atoms with Gasteiger partial charge in [0.1, 0.15) is 0 Å². The Morgan fingerprint density at radius 2 is 2.18 bits per heavy atom. The van der Waals surface area contributed by atoms with Crippen LogP contribution < -0.4 is 0 Å². The second-order valence-electron chi connectivity index (χ2n) is 3.09. The van der Waals surface area contributed by atoms with Gasteiger partial charge in [0.05, 0.1) is 18.8 Å². The molecule has 1 aliphatic rings. The van der Waals surface area contributed by atoms with Crippen LogP contribution >= 0.6 is 0 Å². The Balaban J connectivity index is 2.47. The van der Waals surface area contributed by atoms with Gasteiger partial charge in [-0.15, -0.1) is 0 Å². The van der Waals surface area contributed by atoms with Crippen LogP contribution in [0.4, 0.5) is 0 Å². The molecule has 0 spiro atoms. The smallest absolute Gasteiger partial charge is 0.179 e. The molecule has 0 radical (unpaired) electrons. The molecule has 1 heterocycles. The maximum absolute atomic E-state index is 8.64. The van der Waals surface area contributed by atoms with Gasteiger partial charge >= 0.3 is 0 Å². The molecule has 0 aromatic carbocycles. The number of rotatable bonds is 0. The van der Waals surface area contributed by atoms with Gasteiger partial charge in [-0.25, -0.2) is 0 Å². The fourth-order valence-corrected chi connectivity index (χ4v) is 1.34. The van der Waals surface area contributed by atoms with Gasteiger partial charge in [-0.3, -0.25) is 0 Å². The third-order valence-corrected chi connectivity index (χ3v) is 1.89. The summed E-state index contributed by atoms with van der Waals surface area (Å²) in [5.74, 6) is 0. The Labute approximate surface area is 67.6 Å². The summed E-state index contributed by atoms with van der Waals surface area (Å²) in [4.78, 5) is 1.76. The van der Waals surface area contributed by atoms with E-state index in [0.717, 1.165) is 19.5 Å². The molecular weight excluding hydrogens is 140 g/mol. The SMILES string of the molecule is CC1CCN(C#N)CC(C)O1. The molecule has 2 atom stereocenters. The molecule has 0 aromatic heterocycles. The van der Waals surface area contributed by atoms with Crippen LogP contribution in [0.5, 0.6) is 0 Å². The predicted molar refractivity (Wildman–Crippen MR) is 41.8 cm³/mol. The molecule has 11 heavy (non-hydrogen) atoms. The van der Waals surface area contributed by atoms with Gasteiger partial charge in [0, 0.05) is 6.54 Å². The molecular formula is C8H14N2O. The van der Waals surface area contributed by atoms with E-state index >= 15 is 0 Å². The predicted octanol–water partition coefficient (Wildman–Crippen LogP) is 0.967. The third kappa shape index (κ3) is 2.39. The van der Waals surface area contributed by atoms with Crippen molar-refractivity contribution in [2.75, 3.05) is 13.1 Å². The highest BCUT2D eigenvalue weighted by Crippen LogP contribution is 2.09. The molecule has 0 saturated carbocycles. The normalized spacial score (nSPS) is 32.6. The van der Waals surface area contributed by atoms with Crippen molar-refractivity contribution in [2.45, 2.75) is 32.5 Å². The Morgan fingerprint density at radius 3 is 2.82 bits per heavy atom. The molecule has 2 unspecified atom stereocenters. The lowest BCUT2D eigenvalue weighted by Crippen LogP contribution is -2.25. The Hall–Kier alpha value is -0.750. The molecule has 0 bridgehead atoms. The minimum Gasteiger partial charge on any atom is -0.374 e. The molecule has 1 aliphatic heterocycles. The first kappa shape index (κ1) is 8.35. The van der Waals surface area contributed by atoms with E-state index in [1.807, 2.05) is 6.92 Å². The van der Waals surface area contributed by atoms with Crippen molar-refractivity contribution in [2.24, 2.45) is 0 Å². The molecule has 0 aliphatic carbocycles. The highest BCUT2D eigenvalue weighted by Gasteiger charge is 2.17. The van der Waals surface area contributed by atoms with E-state index in [-0.39, 0.29) is 6.10 Å². The molecule has 0 aromatic rings. The summed E-state index contributed by atoms with van der Waals surface area (Å²) in [5.41, 5.74) is 0. The summed E-state index contributed by atoms with van der Waals surface area (Å²) in [6.45, 7) is 5.63. The number of nitriles is 1. The van der Waals surface area contributed by atoms with Crippen LogP contribution in [0.1, 0.15) is 20.3 Å². The number of hydrogen-bond acceptors (Lipinski definition) is 3. The molecule has 0 N–H and O–H groups in total. The number of hydrogen-bond donors (Lipinski definition) is 0. The second-order valence-corrected chi connectivity index (χ2v) is 3.09. The summed E-state index contributed by atoms with van der Waals surface area (Å²) in [5, 5.41) is 8.64. The van der Waals surface area contributed by atoms with E-state index in [9.17, 15) is 0 Å². The van der Waals surface area contributed by atoms with Crippen LogP contribution in [0.3, 0.4) is 0 Å². The van der Waals surface area contributed by atoms with Gasteiger partial charge in [0.15, 0.2) is 6.19 Å². The first-order valence-corrected chi connectivity index (χ1v) is 4.02. The van der Waals surface area contributed by atoms with Crippen LogP contribution in [-0.2, 0) is 4.74 Å². The van der Waals surface area contributed by atoms with Gasteiger partial charge in [-0.05, 0) is 20.3 Å². The van der Waals surface area contributed by atoms with Crippen molar-refractivity contribution in [1.29, 1.82) is 5.26 Å². The Kier molecular flexibility index (Phi) is 2.72. The lowest BCUT2D eigenvalue weighted by atomic mass is 10.3. The van der Waals surface area contributed by atoms with E-state index in [2.05, 4.69) is 13.1 Å². The van der Waals surface area contributed by atoms with Gasteiger partial charge in [-0.1, -0.05) is 0 Å². The standard InChI is InChI=1S/C8H14N2O/c1-7-3-4-10(6-9)5-8(2)11-7/h7-8H,3-5H2,1-2H3. The molecule has 1 saturated heterocycles. The van der Waals surface area contributed by atoms with Gasteiger partial charge in [0.2, 0.25) is 0 Å². The summed E-state index contributed by atoms with van der Waals surface area (Å²) >= 11 is 0. The van der Waals surface area contributed by atoms with Crippen molar-refractivity contribution >= 4 is 0 Å². The fourth-order valence-electron chi connectivity index (χ4n) is 1.34. The van der Waals surface area contributed by atoms with E-state index in [1.165, 1.54) is 0 Å². The van der Waals surface area contributed by atoms with Crippen LogP contribution in [-0.4, -0.2) is 30.2 Å². The van der Waals surface area contributed by atoms with Crippen molar-refractivity contribution in [3.63, 3.8) is 0 Å². The minimum atomic E-state index is 0.187. The maximum atomic E-state index is 8.64. The summed E-state index contributed by atoms with van der Waals surface area (Å²) in [6, 6.07) is 0. The van der Waals surface area contributed by atoms with Gasteiger partial charge in [-0.2, -0.15) is 5.26 Å². The quantitative estimate of drug-likeness (QED) is 0.488. The van der Waals surface area contributed by atoms with Crippen molar-refractivity contribution in [3.8, 4) is 6.19 Å². The third-order valence-electron chi connectivity index (χ3n) is 1.89. The first-order chi connectivity index (χ1) is 5.22. The van der Waals surface area contributed by atoms with Crippen LogP contribution in [0.25, 0.3) is 0 Å². The number of ether oxygens (including phenoxy) is 1. The molecule has 3 heteroatoms. The largest absolute Gasteiger partial charge is 0.374 e. The average Bonchev–Trinajstić information content (AvgIpc) is 2.11. The van der Waals surface area contributed by atoms with Crippen molar-refractivity contribution < 1.29 is 4.74 Å². The lowest BCUT2D eigenvalue weighted by molar-refractivity contribution is 0.0167. The van der Waals surface area contributed by atoms with E-state index in [1.54, 1.807) is 4.90 Å². The highest BCUT2D eigenvalue weighted by molar-refractivity contribution is 4.79. The Morgan fingerprint density at radius 1 is 1.45 bits per heavy atom. The van der Waals surface area contributed by atoms with Crippen LogP contribution in [0, 0.1) is 11.5 Å². The van der Waals surface area contributed by atoms with Gasteiger partial charge < -0.3 is 9.64 Å². The van der Waals surface area contributed by atoms with Crippen molar-refractivity contribution in [3.05, 3.63) is 0 Å². The topological polar surface area (TPSA) is 36.3 Å². The molecule has 0 amide bonds. The molecule has 62 valence electrons. The molecule has 1 fully saturated rings. The summed E-state index contributed by atoms with van der Waals surface area (Å²) in [6.07, 6.45) is 3.59. The minimum absolute atomic E-state index is 0.187. The molecule has 1 rings (SSSR count). The fraction of sp³-hybridized carbons (Fsp3) is 0.875. The Bertz CT molecular complexity index is 164. The zero-order valence-corrected chi connectivity index (χ0v) is 7.08. The highest BCUT2D eigenvalue weighted by atomic mass is 16.5. The van der Waals surface area contributed by atoms with Crippen LogP contribution in [0.2, 0.25) is 0 Å². The average molecular weight is 154 g/mol. The molecule has 3 nitrogen and oxygen atoms in total. The monoisotopic (exact) mass is 154 g/mol. The first-order valence-electron chi connectivity index (χ1n) is 4.02. The van der Waals surface area contributed by atoms with Gasteiger partial charge in [0.25, 0.3) is 0 Å². The zero-order chi connectivity index (χ0) is 8.27. The summed E-state index contributed by atoms with van der Waals surface area (Å²) in [7, 11) is 0.